The predicted molar refractivity (Wildman–Crippen MR) is 128 cm³/mol. The third-order valence-corrected chi connectivity index (χ3v) is 5.53. The summed E-state index contributed by atoms with van der Waals surface area (Å²) in [5, 5.41) is 32.4. The number of carbonyl (C=O) groups is 1. The summed E-state index contributed by atoms with van der Waals surface area (Å²) in [5.74, 6) is -0.330. The van der Waals surface area contributed by atoms with Gasteiger partial charge in [-0.25, -0.2) is 4.79 Å². The molecule has 3 aromatic carbocycles. The maximum atomic E-state index is 12.0. The number of hydrogen-bond acceptors (Lipinski definition) is 9. The lowest BCUT2D eigenvalue weighted by molar-refractivity contribution is -0.385. The van der Waals surface area contributed by atoms with Crippen LogP contribution in [0.5, 0.6) is 0 Å². The molecule has 1 heterocycles. The molecule has 36 heavy (non-hydrogen) atoms. The fraction of sp³-hybridized carbons (Fsp3) is 0.120. The highest BCUT2D eigenvalue weighted by Crippen LogP contribution is 2.35. The number of ether oxygens (including phenoxy) is 1. The molecular formula is C25H18N4O7. The highest BCUT2D eigenvalue weighted by molar-refractivity contribution is 5.97. The van der Waals surface area contributed by atoms with Crippen LogP contribution in [0.3, 0.4) is 0 Å². The number of nitro benzene ring substituents is 2. The van der Waals surface area contributed by atoms with E-state index in [0.29, 0.717) is 22.1 Å². The molecule has 0 unspecified atom stereocenters. The van der Waals surface area contributed by atoms with Crippen molar-refractivity contribution in [3.05, 3.63) is 109 Å². The molecule has 4 rings (SSSR count). The summed E-state index contributed by atoms with van der Waals surface area (Å²) in [4.78, 5) is 34.8. The molecule has 0 aliphatic carbocycles. The molecule has 180 valence electrons. The van der Waals surface area contributed by atoms with Gasteiger partial charge in [0.2, 0.25) is 5.88 Å². The molecule has 11 heteroatoms. The fourth-order valence-electron chi connectivity index (χ4n) is 3.75. The van der Waals surface area contributed by atoms with Gasteiger partial charge in [-0.05, 0) is 29.3 Å². The normalized spacial score (nSPS) is 10.6. The Bertz CT molecular complexity index is 1440. The molecule has 4 aromatic rings. The van der Waals surface area contributed by atoms with Crippen LogP contribution in [0.4, 0.5) is 17.3 Å². The third kappa shape index (κ3) is 4.83. The van der Waals surface area contributed by atoms with Crippen molar-refractivity contribution < 1.29 is 23.8 Å². The second kappa shape index (κ2) is 9.94. The van der Waals surface area contributed by atoms with Gasteiger partial charge in [-0.3, -0.25) is 20.2 Å². The Morgan fingerprint density at radius 1 is 0.944 bits per heavy atom. The number of hydrogen-bond donors (Lipinski definition) is 0. The Morgan fingerprint density at radius 3 is 1.92 bits per heavy atom. The number of fused-ring (bicyclic) bond motifs is 1. The lowest BCUT2D eigenvalue weighted by atomic mass is 10.1. The van der Waals surface area contributed by atoms with Crippen LogP contribution in [-0.2, 0) is 17.8 Å². The van der Waals surface area contributed by atoms with Crippen molar-refractivity contribution >= 4 is 34.2 Å². The summed E-state index contributed by atoms with van der Waals surface area (Å²) in [7, 11) is 1.26. The van der Waals surface area contributed by atoms with E-state index in [-0.39, 0.29) is 41.5 Å². The number of nitriles is 1. The van der Waals surface area contributed by atoms with Crippen LogP contribution < -0.4 is 4.90 Å². The summed E-state index contributed by atoms with van der Waals surface area (Å²) in [6.45, 7) is 0.431. The van der Waals surface area contributed by atoms with Gasteiger partial charge in [-0.15, -0.1) is 0 Å². The van der Waals surface area contributed by atoms with Crippen molar-refractivity contribution in [3.63, 3.8) is 0 Å². The summed E-state index contributed by atoms with van der Waals surface area (Å²) in [6, 6.07) is 18.7. The van der Waals surface area contributed by atoms with Crippen molar-refractivity contribution in [2.75, 3.05) is 12.0 Å². The number of non-ortho nitro benzene ring substituents is 2. The average molecular weight is 486 g/mol. The van der Waals surface area contributed by atoms with Crippen LogP contribution in [0.15, 0.2) is 71.1 Å². The standard InChI is InChI=1S/C25H18N4O7/c1-35-25(30)18-6-11-23-21(12-18)22(13-26)24(36-23)27(14-16-2-7-19(8-3-16)28(31)32)15-17-4-9-20(10-5-17)29(33)34/h2-12H,14-15H2,1H3. The number of carbonyl (C=O) groups excluding carboxylic acids is 1. The SMILES string of the molecule is COC(=O)c1ccc2oc(N(Cc3ccc([N+](=O)[O-])cc3)Cc3ccc([N+](=O)[O-])cc3)c(C#N)c2c1. The summed E-state index contributed by atoms with van der Waals surface area (Å²) >= 11 is 0. The van der Waals surface area contributed by atoms with Gasteiger partial charge < -0.3 is 14.1 Å². The van der Waals surface area contributed by atoms with Gasteiger partial charge >= 0.3 is 5.97 Å². The first kappa shape index (κ1) is 23.9. The highest BCUT2D eigenvalue weighted by Gasteiger charge is 2.23. The lowest BCUT2D eigenvalue weighted by Gasteiger charge is -2.23. The van der Waals surface area contributed by atoms with E-state index in [0.717, 1.165) is 0 Å². The van der Waals surface area contributed by atoms with E-state index in [1.165, 1.54) is 43.5 Å². The van der Waals surface area contributed by atoms with Gasteiger partial charge in [0.1, 0.15) is 17.2 Å². The van der Waals surface area contributed by atoms with Gasteiger partial charge in [0, 0.05) is 42.7 Å². The minimum Gasteiger partial charge on any atom is -0.465 e. The molecule has 0 amide bonds. The van der Waals surface area contributed by atoms with Gasteiger partial charge in [-0.2, -0.15) is 5.26 Å². The van der Waals surface area contributed by atoms with Crippen molar-refractivity contribution in [1.82, 2.24) is 0 Å². The second-order valence-electron chi connectivity index (χ2n) is 7.80. The number of furan rings is 1. The first-order valence-electron chi connectivity index (χ1n) is 10.6. The van der Waals surface area contributed by atoms with E-state index in [1.807, 2.05) is 0 Å². The van der Waals surface area contributed by atoms with Crippen LogP contribution in [-0.4, -0.2) is 22.9 Å². The molecule has 1 aromatic heterocycles. The quantitative estimate of drug-likeness (QED) is 0.188. The zero-order chi connectivity index (χ0) is 25.8. The van der Waals surface area contributed by atoms with Gasteiger partial charge in [-0.1, -0.05) is 24.3 Å². The molecule has 0 aliphatic rings. The lowest BCUT2D eigenvalue weighted by Crippen LogP contribution is -2.22. The number of anilines is 1. The van der Waals surface area contributed by atoms with Gasteiger partial charge in [0.15, 0.2) is 0 Å². The molecule has 0 bridgehead atoms. The van der Waals surface area contributed by atoms with Crippen molar-refractivity contribution in [3.8, 4) is 6.07 Å². The third-order valence-electron chi connectivity index (χ3n) is 5.53. The molecule has 0 saturated carbocycles. The van der Waals surface area contributed by atoms with Crippen LogP contribution >= 0.6 is 0 Å². The zero-order valence-corrected chi connectivity index (χ0v) is 18.9. The van der Waals surface area contributed by atoms with E-state index >= 15 is 0 Å². The maximum Gasteiger partial charge on any atom is 0.337 e. The number of esters is 1. The molecule has 0 N–H and O–H groups in total. The van der Waals surface area contributed by atoms with Crippen LogP contribution in [0.25, 0.3) is 11.0 Å². The monoisotopic (exact) mass is 486 g/mol. The first-order valence-corrected chi connectivity index (χ1v) is 10.6. The van der Waals surface area contributed by atoms with Gasteiger partial charge in [0.25, 0.3) is 11.4 Å². The fourth-order valence-corrected chi connectivity index (χ4v) is 3.75. The van der Waals surface area contributed by atoms with E-state index in [4.69, 9.17) is 9.15 Å². The largest absolute Gasteiger partial charge is 0.465 e. The number of benzene rings is 3. The second-order valence-corrected chi connectivity index (χ2v) is 7.80. The molecule has 0 atom stereocenters. The molecule has 0 aliphatic heterocycles. The molecule has 0 fully saturated rings. The Balaban J connectivity index is 1.77. The molecule has 0 saturated heterocycles. The molecule has 0 radical (unpaired) electrons. The Kier molecular flexibility index (Phi) is 6.60. The summed E-state index contributed by atoms with van der Waals surface area (Å²) < 4.78 is 10.8. The van der Waals surface area contributed by atoms with Crippen molar-refractivity contribution in [2.45, 2.75) is 13.1 Å². The van der Waals surface area contributed by atoms with E-state index in [9.17, 15) is 30.3 Å². The topological polar surface area (TPSA) is 153 Å². The zero-order valence-electron chi connectivity index (χ0n) is 18.9. The Morgan fingerprint density at radius 2 is 1.47 bits per heavy atom. The Hall–Kier alpha value is -5.24. The highest BCUT2D eigenvalue weighted by atomic mass is 16.6. The maximum absolute atomic E-state index is 12.0. The summed E-state index contributed by atoms with van der Waals surface area (Å²) in [6.07, 6.45) is 0. The number of rotatable bonds is 8. The number of nitro groups is 2. The predicted octanol–water partition coefficient (Wildman–Crippen LogP) is 5.11. The van der Waals surface area contributed by atoms with E-state index in [2.05, 4.69) is 6.07 Å². The molecule has 0 spiro atoms. The van der Waals surface area contributed by atoms with E-state index in [1.54, 1.807) is 35.2 Å². The van der Waals surface area contributed by atoms with Crippen LogP contribution in [0.1, 0.15) is 27.0 Å². The van der Waals surface area contributed by atoms with Gasteiger partial charge in [0.05, 0.1) is 22.5 Å². The van der Waals surface area contributed by atoms with E-state index < -0.39 is 15.8 Å². The molecule has 11 nitrogen and oxygen atoms in total. The van der Waals surface area contributed by atoms with Crippen LogP contribution in [0.2, 0.25) is 0 Å². The smallest absolute Gasteiger partial charge is 0.337 e. The number of nitrogens with zero attached hydrogens (tertiary/aromatic N) is 4. The Labute approximate surface area is 204 Å². The number of methoxy groups -OCH3 is 1. The van der Waals surface area contributed by atoms with Crippen molar-refractivity contribution in [1.29, 1.82) is 5.26 Å². The minimum atomic E-state index is -0.558. The molecular weight excluding hydrogens is 468 g/mol. The summed E-state index contributed by atoms with van der Waals surface area (Å²) in [5.41, 5.74) is 2.14. The van der Waals surface area contributed by atoms with Crippen LogP contribution in [0, 0.1) is 31.6 Å². The minimum absolute atomic E-state index is 0.0579. The average Bonchev–Trinajstić information content (AvgIpc) is 3.26. The first-order chi connectivity index (χ1) is 17.3. The van der Waals surface area contributed by atoms with Crippen molar-refractivity contribution in [2.24, 2.45) is 0 Å².